The maximum atomic E-state index is 5.27. The van der Waals surface area contributed by atoms with Gasteiger partial charge < -0.3 is 9.88 Å². The van der Waals surface area contributed by atoms with Crippen molar-refractivity contribution in [3.8, 4) is 0 Å². The molecule has 0 radical (unpaired) electrons. The minimum Gasteiger partial charge on any atom is -0.358 e. The number of aromatic nitrogens is 1. The van der Waals surface area contributed by atoms with Crippen molar-refractivity contribution in [3.05, 3.63) is 35.0 Å². The number of hydrogen-bond acceptors (Lipinski definition) is 1. The Bertz CT molecular complexity index is 668. The number of H-pyrrole nitrogens is 1. The summed E-state index contributed by atoms with van der Waals surface area (Å²) in [5.74, 6) is 4.25. The standard InChI is InChI=1S/C16H22N4S/c1-10-3-4-14-13(9-10)11(2)15(18-14)12-5-7-20(8-6-12)16(21)19-17/h3-4,9,12,18H,5-8,17H2,1-2H3,(H,19,21)/p+1. The molecule has 1 aromatic heterocycles. The summed E-state index contributed by atoms with van der Waals surface area (Å²) in [5, 5.41) is 2.12. The average Bonchev–Trinajstić information content (AvgIpc) is 2.83. The third-order valence-corrected chi connectivity index (χ3v) is 5.00. The number of hydrogen-bond donors (Lipinski definition) is 3. The molecule has 0 atom stereocenters. The van der Waals surface area contributed by atoms with Crippen molar-refractivity contribution in [1.82, 2.24) is 15.3 Å². The molecule has 112 valence electrons. The zero-order chi connectivity index (χ0) is 15.0. The SMILES string of the molecule is Cc1ccc2[nH]c(C3CCN(C(=S)N[NH3+])CC3)c(C)c2c1. The van der Waals surface area contributed by atoms with Crippen molar-refractivity contribution >= 4 is 28.2 Å². The molecule has 2 heterocycles. The molecule has 0 aliphatic carbocycles. The van der Waals surface area contributed by atoms with E-state index in [1.54, 1.807) is 0 Å². The van der Waals surface area contributed by atoms with E-state index in [1.165, 1.54) is 27.7 Å². The van der Waals surface area contributed by atoms with E-state index in [0.29, 0.717) is 5.92 Å². The van der Waals surface area contributed by atoms with Gasteiger partial charge in [-0.3, -0.25) is 5.84 Å². The van der Waals surface area contributed by atoms with E-state index >= 15 is 0 Å². The van der Waals surface area contributed by atoms with Crippen LogP contribution in [0.25, 0.3) is 10.9 Å². The van der Waals surface area contributed by atoms with Gasteiger partial charge in [0.05, 0.1) is 0 Å². The Kier molecular flexibility index (Phi) is 3.87. The number of aromatic amines is 1. The lowest BCUT2D eigenvalue weighted by Gasteiger charge is -2.32. The number of nitrogens with one attached hydrogen (secondary N) is 2. The molecule has 1 aliphatic heterocycles. The summed E-state index contributed by atoms with van der Waals surface area (Å²) in [4.78, 5) is 5.85. The zero-order valence-corrected chi connectivity index (χ0v) is 13.5. The lowest BCUT2D eigenvalue weighted by Crippen LogP contribution is -2.70. The molecule has 0 amide bonds. The van der Waals surface area contributed by atoms with Crippen LogP contribution in [0.2, 0.25) is 0 Å². The van der Waals surface area contributed by atoms with Gasteiger partial charge in [-0.05, 0) is 56.6 Å². The van der Waals surface area contributed by atoms with E-state index in [0.717, 1.165) is 31.0 Å². The van der Waals surface area contributed by atoms with Crippen LogP contribution in [0, 0.1) is 13.8 Å². The highest BCUT2D eigenvalue weighted by atomic mass is 32.1. The quantitative estimate of drug-likeness (QED) is 0.558. The smallest absolute Gasteiger partial charge is 0.215 e. The van der Waals surface area contributed by atoms with Crippen LogP contribution in [0.5, 0.6) is 0 Å². The van der Waals surface area contributed by atoms with Gasteiger partial charge >= 0.3 is 0 Å². The van der Waals surface area contributed by atoms with Crippen LogP contribution in [0.4, 0.5) is 0 Å². The Morgan fingerprint density at radius 1 is 1.33 bits per heavy atom. The Morgan fingerprint density at radius 3 is 2.71 bits per heavy atom. The molecule has 1 fully saturated rings. The normalized spacial score (nSPS) is 16.4. The van der Waals surface area contributed by atoms with Gasteiger partial charge in [0.25, 0.3) is 0 Å². The molecule has 1 aromatic carbocycles. The van der Waals surface area contributed by atoms with E-state index in [2.05, 4.69) is 53.2 Å². The van der Waals surface area contributed by atoms with Crippen LogP contribution in [0.15, 0.2) is 18.2 Å². The van der Waals surface area contributed by atoms with Crippen molar-refractivity contribution in [2.75, 3.05) is 13.1 Å². The number of fused-ring (bicyclic) bond motifs is 1. The molecule has 5 N–H and O–H groups in total. The van der Waals surface area contributed by atoms with E-state index in [-0.39, 0.29) is 0 Å². The van der Waals surface area contributed by atoms with Gasteiger partial charge in [0, 0.05) is 35.6 Å². The Morgan fingerprint density at radius 2 is 2.05 bits per heavy atom. The lowest BCUT2D eigenvalue weighted by atomic mass is 9.91. The number of aryl methyl sites for hydroxylation is 2. The zero-order valence-electron chi connectivity index (χ0n) is 12.7. The van der Waals surface area contributed by atoms with Crippen LogP contribution in [-0.4, -0.2) is 28.1 Å². The number of thiocarbonyl (C=S) groups is 1. The Labute approximate surface area is 130 Å². The maximum absolute atomic E-state index is 5.27. The topological polar surface area (TPSA) is 58.7 Å². The van der Waals surface area contributed by atoms with E-state index in [9.17, 15) is 0 Å². The number of rotatable bonds is 1. The molecule has 1 saturated heterocycles. The lowest BCUT2D eigenvalue weighted by molar-refractivity contribution is -0.420. The molecule has 21 heavy (non-hydrogen) atoms. The number of piperidine rings is 1. The third-order valence-electron chi connectivity index (χ3n) is 4.59. The molecule has 0 unspecified atom stereocenters. The molecule has 0 bridgehead atoms. The predicted molar refractivity (Wildman–Crippen MR) is 89.9 cm³/mol. The van der Waals surface area contributed by atoms with Crippen molar-refractivity contribution in [3.63, 3.8) is 0 Å². The number of likely N-dealkylation sites (tertiary alicyclic amines) is 1. The largest absolute Gasteiger partial charge is 0.358 e. The number of quaternary nitrogens is 1. The minimum absolute atomic E-state index is 0.599. The summed E-state index contributed by atoms with van der Waals surface area (Å²) in [6.07, 6.45) is 2.27. The van der Waals surface area contributed by atoms with Crippen LogP contribution in [0.3, 0.4) is 0 Å². The van der Waals surface area contributed by atoms with Gasteiger partial charge in [0.1, 0.15) is 0 Å². The molecule has 5 heteroatoms. The highest BCUT2D eigenvalue weighted by molar-refractivity contribution is 7.80. The first kappa shape index (κ1) is 14.4. The van der Waals surface area contributed by atoms with Gasteiger partial charge in [-0.25, -0.2) is 5.43 Å². The first-order chi connectivity index (χ1) is 10.1. The summed E-state index contributed by atoms with van der Waals surface area (Å²) >= 11 is 5.27. The Balaban J connectivity index is 1.82. The molecule has 0 saturated carbocycles. The first-order valence-corrected chi connectivity index (χ1v) is 7.92. The van der Waals surface area contributed by atoms with Crippen molar-refractivity contribution in [1.29, 1.82) is 0 Å². The molecule has 3 rings (SSSR count). The summed E-state index contributed by atoms with van der Waals surface area (Å²) < 4.78 is 0. The minimum atomic E-state index is 0.599. The second-order valence-electron chi connectivity index (χ2n) is 5.96. The fourth-order valence-corrected chi connectivity index (χ4v) is 3.54. The Hall–Kier alpha value is -1.59. The predicted octanol–water partition coefficient (Wildman–Crippen LogP) is 2.00. The fourth-order valence-electron chi connectivity index (χ4n) is 3.35. The van der Waals surface area contributed by atoms with E-state index in [1.807, 2.05) is 0 Å². The third kappa shape index (κ3) is 2.63. The summed E-state index contributed by atoms with van der Waals surface area (Å²) in [5.41, 5.74) is 8.21. The number of nitrogens with zero attached hydrogens (tertiary/aromatic N) is 1. The van der Waals surface area contributed by atoms with Gasteiger partial charge in [0.15, 0.2) is 0 Å². The summed E-state index contributed by atoms with van der Waals surface area (Å²) in [6, 6.07) is 6.64. The highest BCUT2D eigenvalue weighted by Crippen LogP contribution is 2.33. The van der Waals surface area contributed by atoms with E-state index < -0.39 is 0 Å². The van der Waals surface area contributed by atoms with Crippen LogP contribution in [0.1, 0.15) is 35.6 Å². The maximum Gasteiger partial charge on any atom is 0.215 e. The van der Waals surface area contributed by atoms with Crippen molar-refractivity contribution in [2.45, 2.75) is 32.6 Å². The first-order valence-electron chi connectivity index (χ1n) is 7.51. The number of benzene rings is 1. The van der Waals surface area contributed by atoms with Gasteiger partial charge in [-0.1, -0.05) is 11.6 Å². The fraction of sp³-hybridized carbons (Fsp3) is 0.438. The van der Waals surface area contributed by atoms with E-state index in [4.69, 9.17) is 12.2 Å². The highest BCUT2D eigenvalue weighted by Gasteiger charge is 2.25. The summed E-state index contributed by atoms with van der Waals surface area (Å²) in [6.45, 7) is 6.39. The van der Waals surface area contributed by atoms with Gasteiger partial charge in [-0.2, -0.15) is 0 Å². The van der Waals surface area contributed by atoms with Crippen LogP contribution >= 0.6 is 12.2 Å². The molecular weight excluding hydrogens is 280 g/mol. The van der Waals surface area contributed by atoms with Gasteiger partial charge in [-0.15, -0.1) is 0 Å². The average molecular weight is 303 g/mol. The molecule has 2 aromatic rings. The monoisotopic (exact) mass is 303 g/mol. The van der Waals surface area contributed by atoms with Crippen LogP contribution < -0.4 is 11.3 Å². The van der Waals surface area contributed by atoms with Crippen LogP contribution in [-0.2, 0) is 0 Å². The van der Waals surface area contributed by atoms with Crippen molar-refractivity contribution in [2.24, 2.45) is 0 Å². The van der Waals surface area contributed by atoms with Gasteiger partial charge in [0.2, 0.25) is 5.11 Å². The second-order valence-corrected chi connectivity index (χ2v) is 6.34. The van der Waals surface area contributed by atoms with Crippen molar-refractivity contribution < 1.29 is 5.84 Å². The molecule has 4 nitrogen and oxygen atoms in total. The second kappa shape index (κ2) is 5.66. The molecular formula is C16H23N4S+. The molecule has 0 spiro atoms. The summed E-state index contributed by atoms with van der Waals surface area (Å²) in [7, 11) is 0. The molecule has 1 aliphatic rings.